The molecule has 1 heterocycles. The van der Waals surface area contributed by atoms with E-state index in [2.05, 4.69) is 40.3 Å². The van der Waals surface area contributed by atoms with Gasteiger partial charge in [0.1, 0.15) is 6.04 Å². The van der Waals surface area contributed by atoms with Gasteiger partial charge in [0.15, 0.2) is 0 Å². The fraction of sp³-hybridized carbons (Fsp3) is 0.346. The number of amides is 3. The van der Waals surface area contributed by atoms with Crippen molar-refractivity contribution in [3.05, 3.63) is 71.6 Å². The molecule has 0 spiro atoms. The maximum Gasteiger partial charge on any atom is 0.251 e. The number of rotatable bonds is 11. The molecule has 10 heteroatoms. The monoisotopic (exact) mass is 495 g/mol. The number of carbonyl (C=O) groups excluding carboxylic acids is 3. The molecule has 0 aliphatic carbocycles. The molecule has 10 nitrogen and oxygen atoms in total. The smallest absolute Gasteiger partial charge is 0.251 e. The Morgan fingerprint density at radius 1 is 1.00 bits per heavy atom. The van der Waals surface area contributed by atoms with E-state index in [4.69, 9.17) is 5.21 Å². The summed E-state index contributed by atoms with van der Waals surface area (Å²) in [5, 5.41) is 30.1. The molecular formula is C26H33N5O5. The van der Waals surface area contributed by atoms with Crippen molar-refractivity contribution in [2.45, 2.75) is 38.8 Å². The topological polar surface area (TPSA) is 152 Å². The van der Waals surface area contributed by atoms with Gasteiger partial charge in [-0.05, 0) is 42.2 Å². The minimum atomic E-state index is -1.11. The third kappa shape index (κ3) is 7.06. The number of carbonyl (C=O) groups is 3. The van der Waals surface area contributed by atoms with E-state index in [1.807, 2.05) is 24.3 Å². The number of aryl methyl sites for hydroxylation is 1. The first-order valence-corrected chi connectivity index (χ1v) is 11.9. The Morgan fingerprint density at radius 3 is 2.17 bits per heavy atom. The van der Waals surface area contributed by atoms with Gasteiger partial charge < -0.3 is 26.4 Å². The lowest BCUT2D eigenvalue weighted by Crippen LogP contribution is -2.50. The molecule has 0 saturated heterocycles. The van der Waals surface area contributed by atoms with E-state index in [9.17, 15) is 19.5 Å². The molecule has 3 rings (SSSR count). The lowest BCUT2D eigenvalue weighted by molar-refractivity contribution is -0.136. The Hall–Kier alpha value is -3.89. The predicted octanol–water partition coefficient (Wildman–Crippen LogP) is 1.01. The Kier molecular flexibility index (Phi) is 9.43. The number of hydrogen-bond acceptors (Lipinski definition) is 7. The first kappa shape index (κ1) is 26.7. The molecule has 2 aromatic carbocycles. The van der Waals surface area contributed by atoms with Crippen molar-refractivity contribution in [2.24, 2.45) is 5.92 Å². The standard InChI is InChI=1S/C26H33N5O5/c1-3-17-4-6-18(7-5-17)19-8-10-20(11-9-19)24(33)30-23(12-21-13-27-15-29-21)26(35)28-14-22(16(2)32)25(34)31-36/h4-11,13,16,22-23,27,29,32,36H,3,12,14-15H2,1-2H3,(H,28,35)(H,30,33)(H,31,34)/t16-,22+,23+/m1/s1. The largest absolute Gasteiger partial charge is 0.393 e. The molecule has 1 aliphatic heterocycles. The molecule has 3 amide bonds. The van der Waals surface area contributed by atoms with Crippen LogP contribution in [0, 0.1) is 5.92 Å². The number of benzene rings is 2. The van der Waals surface area contributed by atoms with E-state index in [0.717, 1.165) is 23.2 Å². The fourth-order valence-corrected chi connectivity index (χ4v) is 3.84. The molecule has 0 aromatic heterocycles. The van der Waals surface area contributed by atoms with Crippen LogP contribution in [0.3, 0.4) is 0 Å². The average molecular weight is 496 g/mol. The van der Waals surface area contributed by atoms with Crippen LogP contribution in [-0.2, 0) is 16.0 Å². The van der Waals surface area contributed by atoms with E-state index >= 15 is 0 Å². The van der Waals surface area contributed by atoms with Crippen LogP contribution in [0.5, 0.6) is 0 Å². The van der Waals surface area contributed by atoms with E-state index < -0.39 is 35.8 Å². The van der Waals surface area contributed by atoms with Gasteiger partial charge in [-0.25, -0.2) is 5.48 Å². The summed E-state index contributed by atoms with van der Waals surface area (Å²) in [6.45, 7) is 3.78. The molecule has 0 unspecified atom stereocenters. The number of nitrogens with one attached hydrogen (secondary N) is 5. The van der Waals surface area contributed by atoms with Gasteiger partial charge in [0.25, 0.3) is 11.8 Å². The number of aliphatic hydroxyl groups excluding tert-OH is 1. The second kappa shape index (κ2) is 12.7. The molecule has 36 heavy (non-hydrogen) atoms. The molecule has 7 N–H and O–H groups in total. The van der Waals surface area contributed by atoms with Gasteiger partial charge in [0.2, 0.25) is 5.91 Å². The van der Waals surface area contributed by atoms with Crippen LogP contribution in [0.1, 0.15) is 36.2 Å². The molecule has 0 bridgehead atoms. The lowest BCUT2D eigenvalue weighted by atomic mass is 10.0. The third-order valence-electron chi connectivity index (χ3n) is 6.11. The Bertz CT molecular complexity index is 1080. The third-order valence-corrected chi connectivity index (χ3v) is 6.11. The quantitative estimate of drug-likeness (QED) is 0.182. The number of aliphatic hydroxyl groups is 1. The van der Waals surface area contributed by atoms with Gasteiger partial charge in [0.05, 0.1) is 18.7 Å². The van der Waals surface area contributed by atoms with Crippen molar-refractivity contribution in [3.63, 3.8) is 0 Å². The molecule has 0 fully saturated rings. The summed E-state index contributed by atoms with van der Waals surface area (Å²) in [6.07, 6.45) is 1.77. The van der Waals surface area contributed by atoms with Crippen molar-refractivity contribution in [1.82, 2.24) is 26.7 Å². The average Bonchev–Trinajstić information content (AvgIpc) is 3.41. The highest BCUT2D eigenvalue weighted by Crippen LogP contribution is 2.21. The zero-order valence-electron chi connectivity index (χ0n) is 20.4. The van der Waals surface area contributed by atoms with E-state index in [-0.39, 0.29) is 13.0 Å². The summed E-state index contributed by atoms with van der Waals surface area (Å²) >= 11 is 0. The summed E-state index contributed by atoms with van der Waals surface area (Å²) in [7, 11) is 0. The Balaban J connectivity index is 1.69. The van der Waals surface area contributed by atoms with Crippen LogP contribution in [0.15, 0.2) is 60.4 Å². The van der Waals surface area contributed by atoms with Crippen LogP contribution in [0.2, 0.25) is 0 Å². The van der Waals surface area contributed by atoms with Crippen LogP contribution in [0.4, 0.5) is 0 Å². The van der Waals surface area contributed by atoms with E-state index in [0.29, 0.717) is 12.2 Å². The van der Waals surface area contributed by atoms with Gasteiger partial charge in [0, 0.05) is 30.4 Å². The zero-order valence-corrected chi connectivity index (χ0v) is 20.4. The van der Waals surface area contributed by atoms with Gasteiger partial charge in [-0.1, -0.05) is 43.3 Å². The second-order valence-electron chi connectivity index (χ2n) is 8.65. The van der Waals surface area contributed by atoms with Crippen LogP contribution in [0.25, 0.3) is 11.1 Å². The minimum Gasteiger partial charge on any atom is -0.393 e. The van der Waals surface area contributed by atoms with Gasteiger partial charge in [-0.15, -0.1) is 0 Å². The summed E-state index contributed by atoms with van der Waals surface area (Å²) in [5.41, 5.74) is 5.89. The summed E-state index contributed by atoms with van der Waals surface area (Å²) in [5.74, 6) is -2.82. The van der Waals surface area contributed by atoms with Crippen molar-refractivity contribution < 1.29 is 24.7 Å². The van der Waals surface area contributed by atoms with Crippen molar-refractivity contribution in [1.29, 1.82) is 0 Å². The first-order valence-electron chi connectivity index (χ1n) is 11.9. The molecule has 192 valence electrons. The SMILES string of the molecule is CCc1ccc(-c2ccc(C(=O)N[C@@H](CC3=CNCN3)C(=O)NC[C@H](C(=O)NO)[C@@H](C)O)cc2)cc1. The highest BCUT2D eigenvalue weighted by molar-refractivity contribution is 5.98. The Morgan fingerprint density at radius 2 is 1.64 bits per heavy atom. The van der Waals surface area contributed by atoms with Crippen LogP contribution in [-0.4, -0.2) is 53.4 Å². The molecule has 0 radical (unpaired) electrons. The maximum atomic E-state index is 13.0. The summed E-state index contributed by atoms with van der Waals surface area (Å²) in [6, 6.07) is 14.4. The first-order chi connectivity index (χ1) is 17.3. The molecular weight excluding hydrogens is 462 g/mol. The minimum absolute atomic E-state index is 0.192. The van der Waals surface area contributed by atoms with Gasteiger partial charge in [-0.2, -0.15) is 0 Å². The molecule has 3 atom stereocenters. The number of hydrogen-bond donors (Lipinski definition) is 7. The fourth-order valence-electron chi connectivity index (χ4n) is 3.84. The number of hydroxylamine groups is 1. The van der Waals surface area contributed by atoms with Crippen molar-refractivity contribution >= 4 is 17.7 Å². The van der Waals surface area contributed by atoms with Gasteiger partial charge >= 0.3 is 0 Å². The van der Waals surface area contributed by atoms with Crippen LogP contribution < -0.4 is 26.7 Å². The van der Waals surface area contributed by atoms with Gasteiger partial charge in [-0.3, -0.25) is 19.6 Å². The molecule has 0 saturated carbocycles. The summed E-state index contributed by atoms with van der Waals surface area (Å²) in [4.78, 5) is 37.7. The predicted molar refractivity (Wildman–Crippen MR) is 134 cm³/mol. The Labute approximate surface area is 210 Å². The lowest BCUT2D eigenvalue weighted by Gasteiger charge is -2.22. The maximum absolute atomic E-state index is 13.0. The highest BCUT2D eigenvalue weighted by atomic mass is 16.5. The zero-order chi connectivity index (χ0) is 26.1. The van der Waals surface area contributed by atoms with E-state index in [1.54, 1.807) is 18.3 Å². The summed E-state index contributed by atoms with van der Waals surface area (Å²) < 4.78 is 0. The van der Waals surface area contributed by atoms with E-state index in [1.165, 1.54) is 18.0 Å². The van der Waals surface area contributed by atoms with Crippen molar-refractivity contribution in [3.8, 4) is 11.1 Å². The second-order valence-corrected chi connectivity index (χ2v) is 8.65. The van der Waals surface area contributed by atoms with Crippen LogP contribution >= 0.6 is 0 Å². The molecule has 2 aromatic rings. The highest BCUT2D eigenvalue weighted by Gasteiger charge is 2.28. The van der Waals surface area contributed by atoms with Crippen molar-refractivity contribution in [2.75, 3.05) is 13.2 Å². The molecule has 1 aliphatic rings. The normalized spacial score (nSPS) is 14.9.